The Morgan fingerprint density at radius 1 is 1.31 bits per heavy atom. The third-order valence-corrected chi connectivity index (χ3v) is 5.15. The minimum Gasteiger partial charge on any atom is -0.490 e. The van der Waals surface area contributed by atoms with Crippen LogP contribution in [0.15, 0.2) is 30.5 Å². The van der Waals surface area contributed by atoms with Crippen molar-refractivity contribution in [1.82, 2.24) is 4.98 Å². The lowest BCUT2D eigenvalue weighted by Gasteiger charge is -2.32. The van der Waals surface area contributed by atoms with E-state index in [2.05, 4.69) is 4.98 Å². The van der Waals surface area contributed by atoms with Gasteiger partial charge in [-0.15, -0.1) is 11.3 Å². The first kappa shape index (κ1) is 18.5. The van der Waals surface area contributed by atoms with Gasteiger partial charge < -0.3 is 15.4 Å². The highest BCUT2D eigenvalue weighted by Crippen LogP contribution is 2.37. The smallest absolute Gasteiger partial charge is 0.419 e. The minimum absolute atomic E-state index is 0.128. The average molecular weight is 385 g/mol. The summed E-state index contributed by atoms with van der Waals surface area (Å²) >= 11 is 1.40. The van der Waals surface area contributed by atoms with Crippen LogP contribution in [0, 0.1) is 0 Å². The number of hydrogen-bond donors (Lipinski definition) is 1. The van der Waals surface area contributed by atoms with Crippen molar-refractivity contribution < 1.29 is 22.7 Å². The van der Waals surface area contributed by atoms with Gasteiger partial charge in [0.15, 0.2) is 5.13 Å². The van der Waals surface area contributed by atoms with Crippen molar-refractivity contribution >= 4 is 22.4 Å². The van der Waals surface area contributed by atoms with Crippen LogP contribution in [0.3, 0.4) is 0 Å². The zero-order valence-corrected chi connectivity index (χ0v) is 14.6. The van der Waals surface area contributed by atoms with Gasteiger partial charge in [-0.3, -0.25) is 4.79 Å². The molecular formula is C17H18F3N3O2S. The third kappa shape index (κ3) is 4.46. The van der Waals surface area contributed by atoms with Gasteiger partial charge in [0.2, 0.25) is 5.91 Å². The largest absolute Gasteiger partial charge is 0.490 e. The molecule has 1 saturated heterocycles. The Labute approximate surface area is 152 Å². The molecule has 5 nitrogen and oxygen atoms in total. The Kier molecular flexibility index (Phi) is 5.36. The molecule has 2 heterocycles. The van der Waals surface area contributed by atoms with Gasteiger partial charge >= 0.3 is 6.18 Å². The number of thiazole rings is 1. The average Bonchev–Trinajstić information content (AvgIpc) is 3.03. The van der Waals surface area contributed by atoms with Crippen LogP contribution in [0.5, 0.6) is 5.75 Å². The summed E-state index contributed by atoms with van der Waals surface area (Å²) in [5.41, 5.74) is 4.42. The van der Waals surface area contributed by atoms with Crippen molar-refractivity contribution in [2.75, 3.05) is 18.0 Å². The predicted molar refractivity (Wildman–Crippen MR) is 92.3 cm³/mol. The van der Waals surface area contributed by atoms with Gasteiger partial charge in [-0.2, -0.15) is 13.2 Å². The number of para-hydroxylation sites is 1. The summed E-state index contributed by atoms with van der Waals surface area (Å²) in [5.74, 6) is -0.535. The molecule has 0 saturated carbocycles. The van der Waals surface area contributed by atoms with E-state index >= 15 is 0 Å². The van der Waals surface area contributed by atoms with Crippen molar-refractivity contribution in [1.29, 1.82) is 0 Å². The van der Waals surface area contributed by atoms with Crippen LogP contribution in [0.2, 0.25) is 0 Å². The van der Waals surface area contributed by atoms with E-state index in [4.69, 9.17) is 10.5 Å². The molecule has 0 bridgehead atoms. The molecule has 1 aromatic heterocycles. The monoisotopic (exact) mass is 385 g/mol. The van der Waals surface area contributed by atoms with E-state index in [0.717, 1.165) is 16.1 Å². The zero-order valence-electron chi connectivity index (χ0n) is 13.8. The van der Waals surface area contributed by atoms with Crippen molar-refractivity contribution in [3.63, 3.8) is 0 Å². The highest BCUT2D eigenvalue weighted by molar-refractivity contribution is 7.15. The number of anilines is 1. The summed E-state index contributed by atoms with van der Waals surface area (Å²) in [6.07, 6.45) is -1.74. The second-order valence-electron chi connectivity index (χ2n) is 6.05. The number of benzene rings is 1. The quantitative estimate of drug-likeness (QED) is 0.858. The highest BCUT2D eigenvalue weighted by Gasteiger charge is 2.35. The van der Waals surface area contributed by atoms with Crippen LogP contribution in [0.1, 0.15) is 23.3 Å². The number of halogens is 3. The summed E-state index contributed by atoms with van der Waals surface area (Å²) in [7, 11) is 0. The van der Waals surface area contributed by atoms with Crippen LogP contribution in [0.4, 0.5) is 18.3 Å². The zero-order chi connectivity index (χ0) is 18.7. The number of alkyl halides is 3. The maximum atomic E-state index is 13.1. The lowest BCUT2D eigenvalue weighted by Crippen LogP contribution is -2.38. The Hall–Kier alpha value is -2.29. The molecule has 1 aromatic carbocycles. The minimum atomic E-state index is -4.44. The van der Waals surface area contributed by atoms with Crippen LogP contribution in [-0.2, 0) is 17.4 Å². The molecule has 0 spiro atoms. The number of rotatable bonds is 5. The molecule has 3 rings (SSSR count). The number of nitrogens with two attached hydrogens (primary N) is 1. The summed E-state index contributed by atoms with van der Waals surface area (Å²) in [5, 5.41) is 0.787. The SMILES string of the molecule is NC(=O)Cc1cnc(N2CCC(Oc3ccccc3C(F)(F)F)CC2)s1. The van der Waals surface area contributed by atoms with Crippen LogP contribution in [0.25, 0.3) is 0 Å². The summed E-state index contributed by atoms with van der Waals surface area (Å²) in [6, 6.07) is 5.27. The van der Waals surface area contributed by atoms with Crippen LogP contribution >= 0.6 is 11.3 Å². The standard InChI is InChI=1S/C17H18F3N3O2S/c18-17(19,20)13-3-1-2-4-14(13)25-11-5-7-23(8-6-11)16-22-10-12(26-16)9-15(21)24/h1-4,10-11H,5-9H2,(H2,21,24). The molecule has 9 heteroatoms. The second kappa shape index (κ2) is 7.53. The second-order valence-corrected chi connectivity index (χ2v) is 7.14. The number of piperidine rings is 1. The maximum Gasteiger partial charge on any atom is 0.419 e. The Balaban J connectivity index is 1.59. The topological polar surface area (TPSA) is 68.5 Å². The first-order chi connectivity index (χ1) is 12.3. The number of hydrogen-bond acceptors (Lipinski definition) is 5. The van der Waals surface area contributed by atoms with E-state index in [9.17, 15) is 18.0 Å². The molecule has 2 aromatic rings. The van der Waals surface area contributed by atoms with Gasteiger partial charge in [-0.05, 0) is 12.1 Å². The fourth-order valence-corrected chi connectivity index (χ4v) is 3.82. The first-order valence-corrected chi connectivity index (χ1v) is 8.95. The first-order valence-electron chi connectivity index (χ1n) is 8.14. The van der Waals surface area contributed by atoms with Crippen molar-refractivity contribution in [2.45, 2.75) is 31.5 Å². The molecule has 26 heavy (non-hydrogen) atoms. The Morgan fingerprint density at radius 3 is 2.65 bits per heavy atom. The van der Waals surface area contributed by atoms with E-state index in [1.54, 1.807) is 6.20 Å². The number of amides is 1. The lowest BCUT2D eigenvalue weighted by molar-refractivity contribution is -0.139. The fraction of sp³-hybridized carbons (Fsp3) is 0.412. The van der Waals surface area contributed by atoms with E-state index in [1.807, 2.05) is 4.90 Å². The van der Waals surface area contributed by atoms with Gasteiger partial charge in [-0.1, -0.05) is 12.1 Å². The lowest BCUT2D eigenvalue weighted by atomic mass is 10.1. The predicted octanol–water partition coefficient (Wildman–Crippen LogP) is 3.24. The van der Waals surface area contributed by atoms with Gasteiger partial charge in [0.25, 0.3) is 0 Å². The van der Waals surface area contributed by atoms with E-state index in [0.29, 0.717) is 25.9 Å². The molecule has 0 atom stereocenters. The van der Waals surface area contributed by atoms with Gasteiger partial charge in [0.1, 0.15) is 11.9 Å². The number of primary amides is 1. The van der Waals surface area contributed by atoms with Crippen molar-refractivity contribution in [2.24, 2.45) is 5.73 Å². The molecular weight excluding hydrogens is 367 g/mol. The molecule has 2 N–H and O–H groups in total. The third-order valence-electron chi connectivity index (χ3n) is 4.09. The number of aromatic nitrogens is 1. The van der Waals surface area contributed by atoms with Gasteiger partial charge in [0, 0.05) is 37.0 Å². The normalized spacial score (nSPS) is 15.9. The summed E-state index contributed by atoms with van der Waals surface area (Å²) in [6.45, 7) is 1.25. The summed E-state index contributed by atoms with van der Waals surface area (Å²) in [4.78, 5) is 18.1. The molecule has 0 unspecified atom stereocenters. The highest BCUT2D eigenvalue weighted by atomic mass is 32.1. The van der Waals surface area contributed by atoms with Crippen molar-refractivity contribution in [3.05, 3.63) is 40.9 Å². The maximum absolute atomic E-state index is 13.1. The molecule has 1 aliphatic heterocycles. The number of nitrogens with zero attached hydrogens (tertiary/aromatic N) is 2. The Bertz CT molecular complexity index is 771. The van der Waals surface area contributed by atoms with Crippen LogP contribution in [-0.4, -0.2) is 30.1 Å². The fourth-order valence-electron chi connectivity index (χ4n) is 2.84. The molecule has 140 valence electrons. The number of carbonyl (C=O) groups is 1. The van der Waals surface area contributed by atoms with Gasteiger partial charge in [-0.25, -0.2) is 4.98 Å². The molecule has 0 radical (unpaired) electrons. The Morgan fingerprint density at radius 2 is 2.00 bits per heavy atom. The molecule has 1 amide bonds. The van der Waals surface area contributed by atoms with E-state index < -0.39 is 17.6 Å². The van der Waals surface area contributed by atoms with E-state index in [1.165, 1.54) is 29.5 Å². The number of ether oxygens (including phenoxy) is 1. The summed E-state index contributed by atoms with van der Waals surface area (Å²) < 4.78 is 44.8. The molecule has 0 aliphatic carbocycles. The van der Waals surface area contributed by atoms with Gasteiger partial charge in [0.05, 0.1) is 12.0 Å². The molecule has 1 aliphatic rings. The van der Waals surface area contributed by atoms with E-state index in [-0.39, 0.29) is 18.3 Å². The van der Waals surface area contributed by atoms with Crippen molar-refractivity contribution in [3.8, 4) is 5.75 Å². The van der Waals surface area contributed by atoms with Crippen LogP contribution < -0.4 is 15.4 Å². The number of carbonyl (C=O) groups excluding carboxylic acids is 1. The molecule has 1 fully saturated rings.